The van der Waals surface area contributed by atoms with Gasteiger partial charge in [-0.1, -0.05) is 37.5 Å². The molecule has 1 aliphatic heterocycles. The summed E-state index contributed by atoms with van der Waals surface area (Å²) in [5.74, 6) is -0.0354. The minimum Gasteiger partial charge on any atom is -0.325 e. The average Bonchev–Trinajstić information content (AvgIpc) is 2.86. The summed E-state index contributed by atoms with van der Waals surface area (Å²) >= 11 is 0. The predicted octanol–water partition coefficient (Wildman–Crippen LogP) is 2.91. The molecule has 0 aliphatic carbocycles. The maximum absolute atomic E-state index is 12.9. The summed E-state index contributed by atoms with van der Waals surface area (Å²) in [6.45, 7) is 4.51. The van der Waals surface area contributed by atoms with Crippen LogP contribution in [-0.2, 0) is 14.6 Å². The van der Waals surface area contributed by atoms with Crippen LogP contribution in [0.1, 0.15) is 44.6 Å². The second-order valence-corrected chi connectivity index (χ2v) is 7.75. The lowest BCUT2D eigenvalue weighted by Gasteiger charge is -2.27. The predicted molar refractivity (Wildman–Crippen MR) is 82.6 cm³/mol. The molecule has 0 aromatic heterocycles. The van der Waals surface area contributed by atoms with Crippen LogP contribution in [0.25, 0.3) is 0 Å². The smallest absolute Gasteiger partial charge is 0.223 e. The fraction of sp³-hybridized carbons (Fsp3) is 0.562. The van der Waals surface area contributed by atoms with Gasteiger partial charge in [0, 0.05) is 13.0 Å². The van der Waals surface area contributed by atoms with Crippen LogP contribution in [0.4, 0.5) is 0 Å². The van der Waals surface area contributed by atoms with E-state index < -0.39 is 15.2 Å². The lowest BCUT2D eigenvalue weighted by atomic mass is 10.2. The molecule has 1 atom stereocenters. The molecule has 1 unspecified atom stereocenters. The van der Waals surface area contributed by atoms with Gasteiger partial charge < -0.3 is 4.90 Å². The van der Waals surface area contributed by atoms with Gasteiger partial charge >= 0.3 is 0 Å². The van der Waals surface area contributed by atoms with E-state index in [0.717, 1.165) is 24.8 Å². The van der Waals surface area contributed by atoms with Crippen LogP contribution in [0.5, 0.6) is 0 Å². The number of hydrogen-bond acceptors (Lipinski definition) is 3. The van der Waals surface area contributed by atoms with E-state index in [4.69, 9.17) is 0 Å². The van der Waals surface area contributed by atoms with Crippen molar-refractivity contribution >= 4 is 15.7 Å². The number of hydrogen-bond donors (Lipinski definition) is 0. The van der Waals surface area contributed by atoms with E-state index in [9.17, 15) is 13.2 Å². The SMILES string of the molecule is CCCCC(N1CCCC1=O)S(=O)(=O)c1ccc(C)cc1. The van der Waals surface area contributed by atoms with Gasteiger partial charge in [-0.3, -0.25) is 4.79 Å². The summed E-state index contributed by atoms with van der Waals surface area (Å²) in [6, 6.07) is 6.89. The minimum atomic E-state index is -3.50. The molecule has 5 heteroatoms. The largest absolute Gasteiger partial charge is 0.325 e. The van der Waals surface area contributed by atoms with E-state index in [-0.39, 0.29) is 5.91 Å². The highest BCUT2D eigenvalue weighted by atomic mass is 32.2. The molecule has 2 rings (SSSR count). The summed E-state index contributed by atoms with van der Waals surface area (Å²) in [6.07, 6.45) is 3.46. The van der Waals surface area contributed by atoms with Gasteiger partial charge in [0.2, 0.25) is 5.91 Å². The fourth-order valence-corrected chi connectivity index (χ4v) is 4.58. The van der Waals surface area contributed by atoms with Crippen LogP contribution in [0, 0.1) is 6.92 Å². The fourth-order valence-electron chi connectivity index (χ4n) is 2.72. The van der Waals surface area contributed by atoms with Gasteiger partial charge in [0.25, 0.3) is 0 Å². The molecule has 4 nitrogen and oxygen atoms in total. The topological polar surface area (TPSA) is 54.5 Å². The molecule has 0 bridgehead atoms. The van der Waals surface area contributed by atoms with E-state index in [0.29, 0.717) is 24.3 Å². The van der Waals surface area contributed by atoms with E-state index in [1.807, 2.05) is 13.8 Å². The zero-order valence-corrected chi connectivity index (χ0v) is 13.5. The molecule has 0 N–H and O–H groups in total. The van der Waals surface area contributed by atoms with Crippen LogP contribution in [-0.4, -0.2) is 31.1 Å². The second kappa shape index (κ2) is 6.60. The Labute approximate surface area is 127 Å². The third kappa shape index (κ3) is 3.46. The third-order valence-corrected chi connectivity index (χ3v) is 6.11. The van der Waals surface area contributed by atoms with Crippen molar-refractivity contribution in [2.45, 2.75) is 56.2 Å². The van der Waals surface area contributed by atoms with Crippen molar-refractivity contribution < 1.29 is 13.2 Å². The van der Waals surface area contributed by atoms with Gasteiger partial charge in [-0.2, -0.15) is 0 Å². The van der Waals surface area contributed by atoms with Crippen molar-refractivity contribution in [2.75, 3.05) is 6.54 Å². The van der Waals surface area contributed by atoms with E-state index in [1.165, 1.54) is 0 Å². The van der Waals surface area contributed by atoms with Crippen LogP contribution in [0.3, 0.4) is 0 Å². The van der Waals surface area contributed by atoms with Crippen LogP contribution in [0.2, 0.25) is 0 Å². The number of benzene rings is 1. The van der Waals surface area contributed by atoms with E-state index >= 15 is 0 Å². The quantitative estimate of drug-likeness (QED) is 0.812. The molecular weight excluding hydrogens is 286 g/mol. The molecule has 0 radical (unpaired) electrons. The monoisotopic (exact) mass is 309 g/mol. The van der Waals surface area contributed by atoms with E-state index in [2.05, 4.69) is 0 Å². The molecule has 1 heterocycles. The van der Waals surface area contributed by atoms with Crippen molar-refractivity contribution in [3.8, 4) is 0 Å². The van der Waals surface area contributed by atoms with Gasteiger partial charge in [0.1, 0.15) is 5.37 Å². The Morgan fingerprint density at radius 3 is 2.43 bits per heavy atom. The first-order valence-electron chi connectivity index (χ1n) is 7.57. The van der Waals surface area contributed by atoms with Crippen molar-refractivity contribution in [3.63, 3.8) is 0 Å². The molecule has 1 aliphatic rings. The first-order chi connectivity index (χ1) is 9.96. The van der Waals surface area contributed by atoms with Gasteiger partial charge in [-0.05, 0) is 31.9 Å². The Bertz CT molecular complexity index is 592. The first kappa shape index (κ1) is 16.0. The highest BCUT2D eigenvalue weighted by Gasteiger charge is 2.37. The molecule has 1 saturated heterocycles. The molecular formula is C16H23NO3S. The van der Waals surface area contributed by atoms with Crippen molar-refractivity contribution in [1.29, 1.82) is 0 Å². The second-order valence-electron chi connectivity index (χ2n) is 5.65. The zero-order chi connectivity index (χ0) is 15.5. The number of unbranched alkanes of at least 4 members (excludes halogenated alkanes) is 1. The molecule has 1 amide bonds. The number of carbonyl (C=O) groups excluding carboxylic acids is 1. The summed E-state index contributed by atoms with van der Waals surface area (Å²) < 4.78 is 25.8. The first-order valence-corrected chi connectivity index (χ1v) is 9.11. The maximum Gasteiger partial charge on any atom is 0.223 e. The molecule has 116 valence electrons. The summed E-state index contributed by atoms with van der Waals surface area (Å²) in [4.78, 5) is 13.8. The Balaban J connectivity index is 2.34. The van der Waals surface area contributed by atoms with Crippen LogP contribution >= 0.6 is 0 Å². The maximum atomic E-state index is 12.9. The molecule has 1 aromatic rings. The molecule has 21 heavy (non-hydrogen) atoms. The number of carbonyl (C=O) groups is 1. The molecule has 0 spiro atoms. The summed E-state index contributed by atoms with van der Waals surface area (Å²) in [5, 5.41) is -0.713. The summed E-state index contributed by atoms with van der Waals surface area (Å²) in [5.41, 5.74) is 1.02. The van der Waals surface area contributed by atoms with Gasteiger partial charge in [-0.15, -0.1) is 0 Å². The average molecular weight is 309 g/mol. The van der Waals surface area contributed by atoms with Crippen LogP contribution < -0.4 is 0 Å². The van der Waals surface area contributed by atoms with E-state index in [1.54, 1.807) is 29.2 Å². The summed E-state index contributed by atoms with van der Waals surface area (Å²) in [7, 11) is -3.50. The van der Waals surface area contributed by atoms with Crippen LogP contribution in [0.15, 0.2) is 29.2 Å². The highest BCUT2D eigenvalue weighted by molar-refractivity contribution is 7.92. The zero-order valence-electron chi connectivity index (χ0n) is 12.7. The van der Waals surface area contributed by atoms with Gasteiger partial charge in [0.15, 0.2) is 9.84 Å². The lowest BCUT2D eigenvalue weighted by Crippen LogP contribution is -2.41. The number of likely N-dealkylation sites (tertiary alicyclic amines) is 1. The number of rotatable bonds is 6. The third-order valence-electron chi connectivity index (χ3n) is 3.97. The number of amides is 1. The number of nitrogens with zero attached hydrogens (tertiary/aromatic N) is 1. The normalized spacial score (nSPS) is 17.2. The van der Waals surface area contributed by atoms with Gasteiger partial charge in [0.05, 0.1) is 4.90 Å². The number of sulfone groups is 1. The lowest BCUT2D eigenvalue weighted by molar-refractivity contribution is -0.128. The molecule has 0 saturated carbocycles. The standard InChI is InChI=1S/C16H23NO3S/c1-3-4-7-16(17-12-5-6-15(17)18)21(19,20)14-10-8-13(2)9-11-14/h8-11,16H,3-7,12H2,1-2H3. The Morgan fingerprint density at radius 1 is 1.24 bits per heavy atom. The van der Waals surface area contributed by atoms with Crippen molar-refractivity contribution in [2.24, 2.45) is 0 Å². The Hall–Kier alpha value is -1.36. The van der Waals surface area contributed by atoms with Crippen molar-refractivity contribution in [1.82, 2.24) is 4.90 Å². The molecule has 1 fully saturated rings. The number of aryl methyl sites for hydroxylation is 1. The highest BCUT2D eigenvalue weighted by Crippen LogP contribution is 2.27. The van der Waals surface area contributed by atoms with Crippen molar-refractivity contribution in [3.05, 3.63) is 29.8 Å². The molecule has 1 aromatic carbocycles. The Kier molecular flexibility index (Phi) is 5.04. The van der Waals surface area contributed by atoms with Gasteiger partial charge in [-0.25, -0.2) is 8.42 Å². The Morgan fingerprint density at radius 2 is 1.90 bits per heavy atom. The minimum absolute atomic E-state index is 0.0354.